The number of hydrogen-bond acceptors (Lipinski definition) is 4. The van der Waals surface area contributed by atoms with Gasteiger partial charge in [-0.25, -0.2) is 0 Å². The molecule has 0 bridgehead atoms. The predicted octanol–water partition coefficient (Wildman–Crippen LogP) is 3.06. The van der Waals surface area contributed by atoms with Gasteiger partial charge in [0.25, 0.3) is 0 Å². The molecular formula is C12H12Cl2N2O2. The number of halogens is 2. The second kappa shape index (κ2) is 6.09. The first-order chi connectivity index (χ1) is 8.70. The zero-order chi connectivity index (χ0) is 13.0. The van der Waals surface area contributed by atoms with E-state index in [-0.39, 0.29) is 6.61 Å². The van der Waals surface area contributed by atoms with Gasteiger partial charge in [0.2, 0.25) is 0 Å². The van der Waals surface area contributed by atoms with Crippen LogP contribution in [0.25, 0.3) is 0 Å². The fraction of sp³-hybridized carbons (Fsp3) is 0.250. The molecule has 0 aliphatic heterocycles. The Morgan fingerprint density at radius 2 is 2.17 bits per heavy atom. The monoisotopic (exact) mass is 286 g/mol. The quantitative estimate of drug-likeness (QED) is 0.918. The lowest BCUT2D eigenvalue weighted by molar-refractivity contribution is 0.247. The van der Waals surface area contributed by atoms with Crippen molar-refractivity contribution in [1.29, 1.82) is 0 Å². The average Bonchev–Trinajstić information content (AvgIpc) is 2.81. The molecule has 96 valence electrons. The lowest BCUT2D eigenvalue weighted by Crippen LogP contribution is -2.06. The second-order valence-electron chi connectivity index (χ2n) is 3.68. The lowest BCUT2D eigenvalue weighted by atomic mass is 10.1. The minimum Gasteiger partial charge on any atom is -0.484 e. The Bertz CT molecular complexity index is 515. The van der Waals surface area contributed by atoms with Gasteiger partial charge in [0.05, 0.1) is 11.2 Å². The highest BCUT2D eigenvalue weighted by Crippen LogP contribution is 2.33. The van der Waals surface area contributed by atoms with Crippen LogP contribution in [0.2, 0.25) is 10.0 Å². The highest BCUT2D eigenvalue weighted by molar-refractivity contribution is 6.35. The molecule has 0 fully saturated rings. The molecule has 1 heterocycles. The normalized spacial score (nSPS) is 10.6. The molecule has 6 heteroatoms. The van der Waals surface area contributed by atoms with Gasteiger partial charge >= 0.3 is 0 Å². The maximum Gasteiger partial charge on any atom is 0.174 e. The van der Waals surface area contributed by atoms with Crippen LogP contribution in [-0.2, 0) is 13.0 Å². The predicted molar refractivity (Wildman–Crippen MR) is 70.1 cm³/mol. The van der Waals surface area contributed by atoms with Gasteiger partial charge in [0.15, 0.2) is 5.76 Å². The number of benzene rings is 1. The van der Waals surface area contributed by atoms with Crippen LogP contribution in [0.3, 0.4) is 0 Å². The molecule has 2 aromatic rings. The fourth-order valence-electron chi connectivity index (χ4n) is 1.58. The summed E-state index contributed by atoms with van der Waals surface area (Å²) < 4.78 is 10.6. The molecule has 0 aliphatic rings. The van der Waals surface area contributed by atoms with Gasteiger partial charge in [-0.2, -0.15) is 0 Å². The molecule has 1 aromatic carbocycles. The summed E-state index contributed by atoms with van der Waals surface area (Å²) in [5.74, 6) is 1.21. The average molecular weight is 287 g/mol. The number of nitrogens with two attached hydrogens (primary N) is 1. The first kappa shape index (κ1) is 13.2. The van der Waals surface area contributed by atoms with E-state index in [0.29, 0.717) is 34.5 Å². The van der Waals surface area contributed by atoms with Crippen molar-refractivity contribution in [3.05, 3.63) is 45.8 Å². The highest BCUT2D eigenvalue weighted by Gasteiger charge is 2.11. The van der Waals surface area contributed by atoms with Crippen LogP contribution in [-0.4, -0.2) is 11.7 Å². The minimum atomic E-state index is 0.263. The largest absolute Gasteiger partial charge is 0.484 e. The molecule has 2 rings (SSSR count). The Morgan fingerprint density at radius 3 is 2.83 bits per heavy atom. The maximum absolute atomic E-state index is 6.11. The SMILES string of the molecule is NCCc1cc(Cl)cc(Cl)c1OCc1ccno1. The van der Waals surface area contributed by atoms with E-state index in [4.69, 9.17) is 38.2 Å². The standard InChI is InChI=1S/C12H12Cl2N2O2/c13-9-5-8(1-3-15)12(11(14)6-9)17-7-10-2-4-16-18-10/h2,4-6H,1,3,7,15H2. The van der Waals surface area contributed by atoms with Crippen molar-refractivity contribution in [3.63, 3.8) is 0 Å². The van der Waals surface area contributed by atoms with E-state index in [1.165, 1.54) is 0 Å². The van der Waals surface area contributed by atoms with Gasteiger partial charge in [-0.05, 0) is 30.7 Å². The van der Waals surface area contributed by atoms with E-state index < -0.39 is 0 Å². The van der Waals surface area contributed by atoms with Crippen molar-refractivity contribution in [2.24, 2.45) is 5.73 Å². The van der Waals surface area contributed by atoms with E-state index in [1.54, 1.807) is 24.4 Å². The van der Waals surface area contributed by atoms with Crippen molar-refractivity contribution in [1.82, 2.24) is 5.16 Å². The van der Waals surface area contributed by atoms with Crippen molar-refractivity contribution < 1.29 is 9.26 Å². The molecular weight excluding hydrogens is 275 g/mol. The van der Waals surface area contributed by atoms with Crippen LogP contribution in [0.1, 0.15) is 11.3 Å². The first-order valence-corrected chi connectivity index (χ1v) is 6.16. The summed E-state index contributed by atoms with van der Waals surface area (Å²) in [4.78, 5) is 0. The summed E-state index contributed by atoms with van der Waals surface area (Å²) in [6, 6.07) is 5.17. The van der Waals surface area contributed by atoms with E-state index in [0.717, 1.165) is 5.56 Å². The molecule has 0 saturated carbocycles. The molecule has 0 unspecified atom stereocenters. The van der Waals surface area contributed by atoms with E-state index in [9.17, 15) is 0 Å². The molecule has 2 N–H and O–H groups in total. The highest BCUT2D eigenvalue weighted by atomic mass is 35.5. The zero-order valence-corrected chi connectivity index (χ0v) is 11.0. The minimum absolute atomic E-state index is 0.263. The van der Waals surface area contributed by atoms with Crippen LogP contribution >= 0.6 is 23.2 Å². The molecule has 4 nitrogen and oxygen atoms in total. The molecule has 0 amide bonds. The Labute approximate surface area is 115 Å². The van der Waals surface area contributed by atoms with Gasteiger partial charge in [0.1, 0.15) is 12.4 Å². The van der Waals surface area contributed by atoms with Gasteiger partial charge < -0.3 is 15.0 Å². The Kier molecular flexibility index (Phi) is 4.47. The van der Waals surface area contributed by atoms with E-state index in [2.05, 4.69) is 5.16 Å². The van der Waals surface area contributed by atoms with E-state index in [1.807, 2.05) is 0 Å². The third-order valence-electron chi connectivity index (χ3n) is 2.35. The first-order valence-electron chi connectivity index (χ1n) is 5.41. The summed E-state index contributed by atoms with van der Waals surface area (Å²) in [6.07, 6.45) is 2.20. The van der Waals surface area contributed by atoms with Gasteiger partial charge in [-0.15, -0.1) is 0 Å². The number of ether oxygens (including phenoxy) is 1. The molecule has 0 saturated heterocycles. The Balaban J connectivity index is 2.19. The smallest absolute Gasteiger partial charge is 0.174 e. The van der Waals surface area contributed by atoms with Crippen molar-refractivity contribution in [3.8, 4) is 5.75 Å². The number of aromatic nitrogens is 1. The Morgan fingerprint density at radius 1 is 1.33 bits per heavy atom. The third kappa shape index (κ3) is 3.16. The van der Waals surface area contributed by atoms with Crippen molar-refractivity contribution in [2.75, 3.05) is 6.54 Å². The molecule has 0 radical (unpaired) electrons. The van der Waals surface area contributed by atoms with E-state index >= 15 is 0 Å². The van der Waals surface area contributed by atoms with Crippen LogP contribution < -0.4 is 10.5 Å². The topological polar surface area (TPSA) is 61.3 Å². The van der Waals surface area contributed by atoms with Crippen LogP contribution in [0, 0.1) is 0 Å². The van der Waals surface area contributed by atoms with Crippen LogP contribution in [0.5, 0.6) is 5.75 Å². The summed E-state index contributed by atoms with van der Waals surface area (Å²) in [7, 11) is 0. The zero-order valence-electron chi connectivity index (χ0n) is 9.53. The summed E-state index contributed by atoms with van der Waals surface area (Å²) in [5, 5.41) is 4.63. The summed E-state index contributed by atoms with van der Waals surface area (Å²) >= 11 is 12.1. The second-order valence-corrected chi connectivity index (χ2v) is 4.53. The number of nitrogens with zero attached hydrogens (tertiary/aromatic N) is 1. The maximum atomic E-state index is 6.11. The van der Waals surface area contributed by atoms with Crippen LogP contribution in [0.4, 0.5) is 0 Å². The lowest BCUT2D eigenvalue weighted by Gasteiger charge is -2.12. The molecule has 0 atom stereocenters. The summed E-state index contributed by atoms with van der Waals surface area (Å²) in [5.41, 5.74) is 6.43. The van der Waals surface area contributed by atoms with Crippen molar-refractivity contribution >= 4 is 23.2 Å². The van der Waals surface area contributed by atoms with Crippen LogP contribution in [0.15, 0.2) is 28.9 Å². The van der Waals surface area contributed by atoms with Gasteiger partial charge in [-0.3, -0.25) is 0 Å². The molecule has 1 aromatic heterocycles. The van der Waals surface area contributed by atoms with Gasteiger partial charge in [0, 0.05) is 11.1 Å². The molecule has 18 heavy (non-hydrogen) atoms. The van der Waals surface area contributed by atoms with Crippen molar-refractivity contribution in [2.45, 2.75) is 13.0 Å². The fourth-order valence-corrected chi connectivity index (χ4v) is 2.17. The van der Waals surface area contributed by atoms with Gasteiger partial charge in [-0.1, -0.05) is 28.4 Å². The number of rotatable bonds is 5. The molecule has 0 spiro atoms. The molecule has 0 aliphatic carbocycles. The summed E-state index contributed by atoms with van der Waals surface area (Å²) in [6.45, 7) is 0.758. The Hall–Kier alpha value is -1.23. The third-order valence-corrected chi connectivity index (χ3v) is 2.85. The number of hydrogen-bond donors (Lipinski definition) is 1.